The predicted octanol–water partition coefficient (Wildman–Crippen LogP) is 2.57. The molecule has 1 aromatic carbocycles. The molecule has 5 nitrogen and oxygen atoms in total. The second-order valence-corrected chi connectivity index (χ2v) is 3.40. The summed E-state index contributed by atoms with van der Waals surface area (Å²) in [5.74, 6) is -0.497. The molecule has 0 heterocycles. The molecule has 0 aliphatic carbocycles. The Labute approximate surface area is 98.7 Å². The number of anilines is 1. The maximum absolute atomic E-state index is 13.0. The molecule has 0 radical (unpaired) electrons. The molecule has 0 saturated heterocycles. The van der Waals surface area contributed by atoms with Crippen LogP contribution in [-0.2, 0) is 4.74 Å². The molecule has 0 aliphatic rings. The Balaban J connectivity index is 2.56. The standard InChI is InChI=1S/C11H15FN2O3/c1-2-17-7-3-6-13-10-8-9(12)4-5-11(10)14(15)16/h4-5,8,13H,2-3,6-7H2,1H3. The molecule has 1 rings (SSSR count). The molecule has 1 aromatic rings. The van der Waals surface area contributed by atoms with Gasteiger partial charge >= 0.3 is 0 Å². The largest absolute Gasteiger partial charge is 0.382 e. The van der Waals surface area contributed by atoms with Gasteiger partial charge in [0.05, 0.1) is 4.92 Å². The zero-order valence-electron chi connectivity index (χ0n) is 9.61. The van der Waals surface area contributed by atoms with Crippen molar-refractivity contribution in [3.8, 4) is 0 Å². The highest BCUT2D eigenvalue weighted by Gasteiger charge is 2.13. The fraction of sp³-hybridized carbons (Fsp3) is 0.455. The summed E-state index contributed by atoms with van der Waals surface area (Å²) in [5, 5.41) is 13.5. The van der Waals surface area contributed by atoms with Gasteiger partial charge in [-0.3, -0.25) is 10.1 Å². The molecule has 0 bridgehead atoms. The van der Waals surface area contributed by atoms with Gasteiger partial charge in [-0.1, -0.05) is 0 Å². The van der Waals surface area contributed by atoms with Crippen LogP contribution in [0.15, 0.2) is 18.2 Å². The van der Waals surface area contributed by atoms with E-state index >= 15 is 0 Å². The van der Waals surface area contributed by atoms with Crippen LogP contribution in [0.25, 0.3) is 0 Å². The molecular weight excluding hydrogens is 227 g/mol. The van der Waals surface area contributed by atoms with Crippen molar-refractivity contribution < 1.29 is 14.1 Å². The molecule has 0 atom stereocenters. The van der Waals surface area contributed by atoms with Crippen LogP contribution in [0.1, 0.15) is 13.3 Å². The van der Waals surface area contributed by atoms with Gasteiger partial charge in [0.25, 0.3) is 5.69 Å². The number of rotatable bonds is 7. The van der Waals surface area contributed by atoms with Crippen molar-refractivity contribution in [3.63, 3.8) is 0 Å². The molecule has 0 saturated carbocycles. The lowest BCUT2D eigenvalue weighted by atomic mass is 10.2. The van der Waals surface area contributed by atoms with E-state index in [1.807, 2.05) is 6.92 Å². The number of nitrogens with zero attached hydrogens (tertiary/aromatic N) is 1. The zero-order valence-corrected chi connectivity index (χ0v) is 9.61. The van der Waals surface area contributed by atoms with Gasteiger partial charge in [-0.25, -0.2) is 4.39 Å². The minimum atomic E-state index is -0.537. The first-order chi connectivity index (χ1) is 8.15. The van der Waals surface area contributed by atoms with Crippen LogP contribution < -0.4 is 5.32 Å². The van der Waals surface area contributed by atoms with Crippen molar-refractivity contribution >= 4 is 11.4 Å². The minimum absolute atomic E-state index is 0.122. The number of ether oxygens (including phenoxy) is 1. The Bertz CT molecular complexity index is 385. The summed E-state index contributed by atoms with van der Waals surface area (Å²) in [5.41, 5.74) is 0.0781. The average Bonchev–Trinajstić information content (AvgIpc) is 2.28. The highest BCUT2D eigenvalue weighted by molar-refractivity contribution is 5.61. The Morgan fingerprint density at radius 2 is 2.29 bits per heavy atom. The number of halogens is 1. The first kappa shape index (κ1) is 13.4. The van der Waals surface area contributed by atoms with Crippen LogP contribution in [0.2, 0.25) is 0 Å². The molecule has 0 amide bonds. The lowest BCUT2D eigenvalue weighted by molar-refractivity contribution is -0.384. The van der Waals surface area contributed by atoms with E-state index in [0.29, 0.717) is 26.2 Å². The second-order valence-electron chi connectivity index (χ2n) is 3.40. The molecule has 1 N–H and O–H groups in total. The Kier molecular flexibility index (Phi) is 5.35. The van der Waals surface area contributed by atoms with Gasteiger partial charge < -0.3 is 10.1 Å². The van der Waals surface area contributed by atoms with E-state index in [-0.39, 0.29) is 11.4 Å². The monoisotopic (exact) mass is 242 g/mol. The van der Waals surface area contributed by atoms with Crippen molar-refractivity contribution in [2.75, 3.05) is 25.1 Å². The normalized spacial score (nSPS) is 10.2. The first-order valence-electron chi connectivity index (χ1n) is 5.40. The molecular formula is C11H15FN2O3. The number of nitro groups is 1. The first-order valence-corrected chi connectivity index (χ1v) is 5.40. The third kappa shape index (κ3) is 4.36. The summed E-state index contributed by atoms with van der Waals surface area (Å²) in [6.45, 7) is 3.61. The van der Waals surface area contributed by atoms with Gasteiger partial charge in [-0.15, -0.1) is 0 Å². The SMILES string of the molecule is CCOCCCNc1cc(F)ccc1[N+](=O)[O-]. The average molecular weight is 242 g/mol. The summed E-state index contributed by atoms with van der Waals surface area (Å²) in [4.78, 5) is 10.1. The number of nitro benzene ring substituents is 1. The van der Waals surface area contributed by atoms with Gasteiger partial charge in [0.1, 0.15) is 11.5 Å². The Morgan fingerprint density at radius 1 is 1.53 bits per heavy atom. The van der Waals surface area contributed by atoms with Crippen LogP contribution in [0.5, 0.6) is 0 Å². The van der Waals surface area contributed by atoms with E-state index < -0.39 is 10.7 Å². The Morgan fingerprint density at radius 3 is 2.94 bits per heavy atom. The molecule has 0 unspecified atom stereocenters. The smallest absolute Gasteiger partial charge is 0.292 e. The van der Waals surface area contributed by atoms with Crippen LogP contribution in [0, 0.1) is 15.9 Å². The highest BCUT2D eigenvalue weighted by Crippen LogP contribution is 2.24. The lowest BCUT2D eigenvalue weighted by Gasteiger charge is -2.07. The molecule has 0 aliphatic heterocycles. The molecule has 0 spiro atoms. The fourth-order valence-electron chi connectivity index (χ4n) is 1.35. The van der Waals surface area contributed by atoms with Crippen LogP contribution in [0.3, 0.4) is 0 Å². The third-order valence-corrected chi connectivity index (χ3v) is 2.14. The highest BCUT2D eigenvalue weighted by atomic mass is 19.1. The number of benzene rings is 1. The second kappa shape index (κ2) is 6.80. The van der Waals surface area contributed by atoms with Crippen molar-refractivity contribution in [1.29, 1.82) is 0 Å². The summed E-state index contributed by atoms with van der Waals surface area (Å²) in [7, 11) is 0. The summed E-state index contributed by atoms with van der Waals surface area (Å²) in [6, 6.07) is 3.35. The van der Waals surface area contributed by atoms with E-state index in [4.69, 9.17) is 4.74 Å². The summed E-state index contributed by atoms with van der Waals surface area (Å²) >= 11 is 0. The number of nitrogens with one attached hydrogen (secondary N) is 1. The quantitative estimate of drug-likeness (QED) is 0.453. The summed E-state index contributed by atoms with van der Waals surface area (Å²) in [6.07, 6.45) is 0.710. The molecule has 0 fully saturated rings. The topological polar surface area (TPSA) is 64.4 Å². The van der Waals surface area contributed by atoms with E-state index in [1.165, 1.54) is 0 Å². The van der Waals surface area contributed by atoms with E-state index in [1.54, 1.807) is 0 Å². The lowest BCUT2D eigenvalue weighted by Crippen LogP contribution is -2.07. The van der Waals surface area contributed by atoms with E-state index in [2.05, 4.69) is 5.32 Å². The number of hydrogen-bond donors (Lipinski definition) is 1. The van der Waals surface area contributed by atoms with Crippen molar-refractivity contribution in [3.05, 3.63) is 34.1 Å². The van der Waals surface area contributed by atoms with Gasteiger partial charge in [0, 0.05) is 31.9 Å². The van der Waals surface area contributed by atoms with E-state index in [0.717, 1.165) is 18.2 Å². The molecule has 94 valence electrons. The maximum atomic E-state index is 13.0. The number of hydrogen-bond acceptors (Lipinski definition) is 4. The van der Waals surface area contributed by atoms with Gasteiger partial charge in [-0.2, -0.15) is 0 Å². The maximum Gasteiger partial charge on any atom is 0.292 e. The summed E-state index contributed by atoms with van der Waals surface area (Å²) < 4.78 is 18.1. The molecule has 0 aromatic heterocycles. The fourth-order valence-corrected chi connectivity index (χ4v) is 1.35. The van der Waals surface area contributed by atoms with Crippen molar-refractivity contribution in [2.24, 2.45) is 0 Å². The van der Waals surface area contributed by atoms with Gasteiger partial charge in [0.15, 0.2) is 0 Å². The van der Waals surface area contributed by atoms with Crippen LogP contribution >= 0.6 is 0 Å². The third-order valence-electron chi connectivity index (χ3n) is 2.14. The predicted molar refractivity (Wildman–Crippen MR) is 62.7 cm³/mol. The zero-order chi connectivity index (χ0) is 12.7. The molecule has 6 heteroatoms. The van der Waals surface area contributed by atoms with Gasteiger partial charge in [-0.05, 0) is 19.4 Å². The Hall–Kier alpha value is -1.69. The van der Waals surface area contributed by atoms with Crippen LogP contribution in [0.4, 0.5) is 15.8 Å². The van der Waals surface area contributed by atoms with Crippen LogP contribution in [-0.4, -0.2) is 24.7 Å². The van der Waals surface area contributed by atoms with Crippen molar-refractivity contribution in [1.82, 2.24) is 0 Å². The van der Waals surface area contributed by atoms with E-state index in [9.17, 15) is 14.5 Å². The molecule has 17 heavy (non-hydrogen) atoms. The van der Waals surface area contributed by atoms with Gasteiger partial charge in [0.2, 0.25) is 0 Å². The minimum Gasteiger partial charge on any atom is -0.382 e. The van der Waals surface area contributed by atoms with Crippen molar-refractivity contribution in [2.45, 2.75) is 13.3 Å².